The van der Waals surface area contributed by atoms with E-state index in [4.69, 9.17) is 4.42 Å². The lowest BCUT2D eigenvalue weighted by Crippen LogP contribution is -2.01. The van der Waals surface area contributed by atoms with Gasteiger partial charge in [0.1, 0.15) is 0 Å². The number of nitro groups is 1. The number of carbonyl (C=O) groups is 1. The molecule has 0 atom stereocenters. The first-order valence-electron chi connectivity index (χ1n) is 5.18. The molecule has 0 N–H and O–H groups in total. The highest BCUT2D eigenvalue weighted by atomic mass is 16.7. The Balaban J connectivity index is 2.04. The molecule has 96 valence electrons. The largest absolute Gasteiger partial charge is 0.472 e. The topological polar surface area (TPSA) is 94.9 Å². The van der Waals surface area contributed by atoms with Gasteiger partial charge in [0.2, 0.25) is 0 Å². The molecule has 0 fully saturated rings. The maximum atomic E-state index is 11.6. The van der Waals surface area contributed by atoms with Gasteiger partial charge in [-0.15, -0.1) is 0 Å². The summed E-state index contributed by atoms with van der Waals surface area (Å²) in [5, 5.41) is 14.0. The average Bonchev–Trinajstić information content (AvgIpc) is 2.92. The van der Waals surface area contributed by atoms with Gasteiger partial charge in [-0.3, -0.25) is 10.1 Å². The van der Waals surface area contributed by atoms with E-state index in [1.807, 2.05) is 0 Å². The summed E-state index contributed by atoms with van der Waals surface area (Å²) in [6.45, 7) is 0. The van der Waals surface area contributed by atoms with Gasteiger partial charge < -0.3 is 9.25 Å². The molecule has 0 spiro atoms. The van der Waals surface area contributed by atoms with Crippen molar-refractivity contribution in [3.63, 3.8) is 0 Å². The molecule has 0 saturated carbocycles. The van der Waals surface area contributed by atoms with Crippen LogP contribution < -0.4 is 0 Å². The first kappa shape index (κ1) is 12.5. The first-order chi connectivity index (χ1) is 9.16. The molecule has 19 heavy (non-hydrogen) atoms. The van der Waals surface area contributed by atoms with E-state index in [-0.39, 0.29) is 11.3 Å². The second-order valence-corrected chi connectivity index (χ2v) is 3.48. The number of benzene rings is 1. The predicted octanol–water partition coefficient (Wildman–Crippen LogP) is 2.38. The van der Waals surface area contributed by atoms with Crippen LogP contribution in [0.2, 0.25) is 0 Å². The maximum absolute atomic E-state index is 11.6. The Hall–Kier alpha value is -2.96. The molecule has 1 aromatic heterocycles. The van der Waals surface area contributed by atoms with Crippen molar-refractivity contribution in [2.75, 3.05) is 0 Å². The summed E-state index contributed by atoms with van der Waals surface area (Å²) in [5.74, 6) is -0.775. The van der Waals surface area contributed by atoms with Gasteiger partial charge in [-0.2, -0.15) is 0 Å². The molecule has 2 rings (SSSR count). The van der Waals surface area contributed by atoms with Crippen LogP contribution in [-0.2, 0) is 4.84 Å². The highest BCUT2D eigenvalue weighted by Gasteiger charge is 2.12. The zero-order chi connectivity index (χ0) is 13.7. The van der Waals surface area contributed by atoms with Crippen molar-refractivity contribution in [3.05, 3.63) is 64.1 Å². The van der Waals surface area contributed by atoms with Gasteiger partial charge in [0.25, 0.3) is 5.69 Å². The summed E-state index contributed by atoms with van der Waals surface area (Å²) in [6, 6.07) is 6.84. The standard InChI is InChI=1S/C12H8N2O5/c15-12(19-13-7-9-4-5-18-8-9)10-2-1-3-11(6-10)14(16)17/h1-8H. The Labute approximate surface area is 107 Å². The first-order valence-corrected chi connectivity index (χ1v) is 5.18. The fourth-order valence-corrected chi connectivity index (χ4v) is 1.28. The third-order valence-corrected chi connectivity index (χ3v) is 2.17. The number of non-ortho nitro benzene ring substituents is 1. The quantitative estimate of drug-likeness (QED) is 0.364. The van der Waals surface area contributed by atoms with Gasteiger partial charge in [-0.1, -0.05) is 11.2 Å². The number of hydrogen-bond donors (Lipinski definition) is 0. The minimum atomic E-state index is -0.775. The molecule has 2 aromatic rings. The van der Waals surface area contributed by atoms with Gasteiger partial charge in [-0.05, 0) is 12.1 Å². The monoisotopic (exact) mass is 260 g/mol. The summed E-state index contributed by atoms with van der Waals surface area (Å²) in [6.07, 6.45) is 4.16. The minimum Gasteiger partial charge on any atom is -0.472 e. The van der Waals surface area contributed by atoms with Crippen LogP contribution in [0, 0.1) is 10.1 Å². The summed E-state index contributed by atoms with van der Waals surface area (Å²) < 4.78 is 4.79. The Morgan fingerprint density at radius 1 is 1.42 bits per heavy atom. The van der Waals surface area contributed by atoms with E-state index in [9.17, 15) is 14.9 Å². The normalized spacial score (nSPS) is 10.5. The summed E-state index contributed by atoms with van der Waals surface area (Å²) in [5.41, 5.74) is 0.499. The fourth-order valence-electron chi connectivity index (χ4n) is 1.28. The second kappa shape index (κ2) is 5.58. The lowest BCUT2D eigenvalue weighted by Gasteiger charge is -1.97. The van der Waals surface area contributed by atoms with E-state index in [0.29, 0.717) is 5.56 Å². The van der Waals surface area contributed by atoms with Crippen molar-refractivity contribution in [3.8, 4) is 0 Å². The average molecular weight is 260 g/mol. The number of hydrogen-bond acceptors (Lipinski definition) is 6. The van der Waals surface area contributed by atoms with Crippen molar-refractivity contribution in [1.29, 1.82) is 0 Å². The molecule has 0 unspecified atom stereocenters. The smallest absolute Gasteiger partial charge is 0.365 e. The maximum Gasteiger partial charge on any atom is 0.365 e. The summed E-state index contributed by atoms with van der Waals surface area (Å²) in [4.78, 5) is 26.1. The molecule has 1 heterocycles. The Morgan fingerprint density at radius 2 is 2.26 bits per heavy atom. The van der Waals surface area contributed by atoms with Crippen molar-refractivity contribution < 1.29 is 19.0 Å². The summed E-state index contributed by atoms with van der Waals surface area (Å²) in [7, 11) is 0. The lowest BCUT2D eigenvalue weighted by atomic mass is 10.2. The van der Waals surface area contributed by atoms with Crippen LogP contribution in [0.1, 0.15) is 15.9 Å². The second-order valence-electron chi connectivity index (χ2n) is 3.48. The number of nitrogens with zero attached hydrogens (tertiary/aromatic N) is 2. The van der Waals surface area contributed by atoms with Gasteiger partial charge in [-0.25, -0.2) is 4.79 Å². The van der Waals surface area contributed by atoms with Crippen LogP contribution in [0.5, 0.6) is 0 Å². The molecule has 0 amide bonds. The van der Waals surface area contributed by atoms with Crippen molar-refractivity contribution >= 4 is 17.9 Å². The number of nitro benzene ring substituents is 1. The molecule has 0 saturated heterocycles. The van der Waals surface area contributed by atoms with Gasteiger partial charge >= 0.3 is 5.97 Å². The van der Waals surface area contributed by atoms with Gasteiger partial charge in [0.05, 0.1) is 29.2 Å². The highest BCUT2D eigenvalue weighted by molar-refractivity contribution is 5.90. The van der Waals surface area contributed by atoms with E-state index in [0.717, 1.165) is 6.07 Å². The zero-order valence-electron chi connectivity index (χ0n) is 9.55. The molecule has 0 aliphatic heterocycles. The third-order valence-electron chi connectivity index (χ3n) is 2.17. The predicted molar refractivity (Wildman–Crippen MR) is 64.8 cm³/mol. The van der Waals surface area contributed by atoms with Crippen LogP contribution in [0.25, 0.3) is 0 Å². The molecule has 1 aromatic carbocycles. The molecule has 0 radical (unpaired) electrons. The molecular weight excluding hydrogens is 252 g/mol. The van der Waals surface area contributed by atoms with Crippen LogP contribution >= 0.6 is 0 Å². The summed E-state index contributed by atoms with van der Waals surface area (Å²) >= 11 is 0. The van der Waals surface area contributed by atoms with Gasteiger partial charge in [0.15, 0.2) is 0 Å². The van der Waals surface area contributed by atoms with E-state index in [1.54, 1.807) is 6.07 Å². The molecule has 0 aliphatic carbocycles. The fraction of sp³-hybridized carbons (Fsp3) is 0. The van der Waals surface area contributed by atoms with Crippen LogP contribution in [-0.4, -0.2) is 17.1 Å². The third kappa shape index (κ3) is 3.25. The molecule has 0 aliphatic rings. The molecule has 0 bridgehead atoms. The van der Waals surface area contributed by atoms with E-state index >= 15 is 0 Å². The minimum absolute atomic E-state index is 0.0542. The number of oxime groups is 1. The van der Waals surface area contributed by atoms with E-state index in [1.165, 1.54) is 36.9 Å². The lowest BCUT2D eigenvalue weighted by molar-refractivity contribution is -0.384. The van der Waals surface area contributed by atoms with E-state index in [2.05, 4.69) is 9.99 Å². The van der Waals surface area contributed by atoms with E-state index < -0.39 is 10.9 Å². The molecular formula is C12H8N2O5. The van der Waals surface area contributed by atoms with Crippen molar-refractivity contribution in [2.24, 2.45) is 5.16 Å². The number of furan rings is 1. The Kier molecular flexibility index (Phi) is 3.67. The van der Waals surface area contributed by atoms with Crippen molar-refractivity contribution in [2.45, 2.75) is 0 Å². The highest BCUT2D eigenvalue weighted by Crippen LogP contribution is 2.13. The van der Waals surface area contributed by atoms with Crippen LogP contribution in [0.3, 0.4) is 0 Å². The van der Waals surface area contributed by atoms with Gasteiger partial charge in [0, 0.05) is 17.7 Å². The molecule has 7 nitrogen and oxygen atoms in total. The number of carbonyl (C=O) groups excluding carboxylic acids is 1. The molecule has 7 heteroatoms. The Morgan fingerprint density at radius 3 is 2.95 bits per heavy atom. The van der Waals surface area contributed by atoms with Crippen LogP contribution in [0.15, 0.2) is 52.4 Å². The SMILES string of the molecule is O=C(ON=Cc1ccoc1)c1cccc([N+](=O)[O-])c1. The van der Waals surface area contributed by atoms with Crippen LogP contribution in [0.4, 0.5) is 5.69 Å². The van der Waals surface area contributed by atoms with Crippen molar-refractivity contribution in [1.82, 2.24) is 0 Å². The zero-order valence-corrected chi connectivity index (χ0v) is 9.55. The number of rotatable bonds is 4. The Bertz CT molecular complexity index is 619.